The Kier molecular flexibility index (Phi) is 3.71. The first kappa shape index (κ1) is 10.8. The summed E-state index contributed by atoms with van der Waals surface area (Å²) in [4.78, 5) is 0. The van der Waals surface area contributed by atoms with E-state index in [1.54, 1.807) is 0 Å². The molecule has 14 heavy (non-hydrogen) atoms. The van der Waals surface area contributed by atoms with E-state index in [9.17, 15) is 0 Å². The Bertz CT molecular complexity index is 345. The first-order chi connectivity index (χ1) is 6.67. The van der Waals surface area contributed by atoms with E-state index in [1.165, 1.54) is 5.56 Å². The van der Waals surface area contributed by atoms with Crippen LogP contribution in [0.4, 0.5) is 0 Å². The van der Waals surface area contributed by atoms with Crippen LogP contribution in [-0.4, -0.2) is 0 Å². The van der Waals surface area contributed by atoms with Crippen LogP contribution in [0.15, 0.2) is 18.2 Å². The molecule has 0 heterocycles. The van der Waals surface area contributed by atoms with E-state index in [4.69, 9.17) is 5.26 Å². The molecular weight excluding hydrogens is 170 g/mol. The van der Waals surface area contributed by atoms with Gasteiger partial charge in [0.15, 0.2) is 0 Å². The van der Waals surface area contributed by atoms with Gasteiger partial charge in [-0.3, -0.25) is 0 Å². The van der Waals surface area contributed by atoms with E-state index >= 15 is 0 Å². The number of nitrogens with zero attached hydrogens (tertiary/aromatic N) is 1. The molecule has 1 aromatic rings. The van der Waals surface area contributed by atoms with Crippen molar-refractivity contribution >= 4 is 0 Å². The normalized spacial score (nSPS) is 10.2. The Morgan fingerprint density at radius 3 is 2.64 bits per heavy atom. The minimum absolute atomic E-state index is 0.249. The van der Waals surface area contributed by atoms with Crippen LogP contribution in [0.5, 0.6) is 0 Å². The van der Waals surface area contributed by atoms with Gasteiger partial charge in [0.25, 0.3) is 0 Å². The van der Waals surface area contributed by atoms with Crippen molar-refractivity contribution < 1.29 is 0 Å². The molecule has 0 aliphatic carbocycles. The first-order valence-corrected chi connectivity index (χ1v) is 5.04. The minimum atomic E-state index is 0.249. The van der Waals surface area contributed by atoms with Crippen molar-refractivity contribution in [3.05, 3.63) is 41.8 Å². The fraction of sp³-hybridized carbons (Fsp3) is 0.385. The van der Waals surface area contributed by atoms with Gasteiger partial charge in [0.1, 0.15) is 0 Å². The second kappa shape index (κ2) is 4.81. The van der Waals surface area contributed by atoms with Crippen molar-refractivity contribution in [2.75, 3.05) is 0 Å². The lowest BCUT2D eigenvalue weighted by Crippen LogP contribution is -1.93. The fourth-order valence-electron chi connectivity index (χ4n) is 1.50. The third-order valence-corrected chi connectivity index (χ3v) is 2.25. The molecule has 0 aliphatic rings. The van der Waals surface area contributed by atoms with Crippen LogP contribution in [0.3, 0.4) is 0 Å². The highest BCUT2D eigenvalue weighted by Crippen LogP contribution is 2.18. The summed E-state index contributed by atoms with van der Waals surface area (Å²) in [6, 6.07) is 8.24. The van der Waals surface area contributed by atoms with E-state index in [-0.39, 0.29) is 5.92 Å². The van der Waals surface area contributed by atoms with Crippen LogP contribution < -0.4 is 0 Å². The standard InChI is InChI=1S/C13H16N/c1-4-5-11-6-12(9-14)8-13(7-11)10(2)3/h6-8,10H,2,4-5H2,1,3H3. The number of hydrogen-bond donors (Lipinski definition) is 0. The molecule has 0 N–H and O–H groups in total. The van der Waals surface area contributed by atoms with Crippen LogP contribution >= 0.6 is 0 Å². The average Bonchev–Trinajstić information content (AvgIpc) is 2.17. The van der Waals surface area contributed by atoms with Gasteiger partial charge in [-0.15, -0.1) is 0 Å². The molecule has 0 amide bonds. The Hall–Kier alpha value is -1.29. The molecule has 0 fully saturated rings. The van der Waals surface area contributed by atoms with E-state index in [1.807, 2.05) is 19.1 Å². The highest BCUT2D eigenvalue weighted by molar-refractivity contribution is 5.39. The van der Waals surface area contributed by atoms with Gasteiger partial charge in [-0.25, -0.2) is 0 Å². The number of nitriles is 1. The monoisotopic (exact) mass is 186 g/mol. The summed E-state index contributed by atoms with van der Waals surface area (Å²) in [5.74, 6) is 0.249. The average molecular weight is 186 g/mol. The van der Waals surface area contributed by atoms with E-state index in [0.29, 0.717) is 0 Å². The van der Waals surface area contributed by atoms with Gasteiger partial charge >= 0.3 is 0 Å². The molecule has 1 unspecified atom stereocenters. The SMILES string of the molecule is [CH2]C(C)c1cc(C#N)cc(CCC)c1. The summed E-state index contributed by atoms with van der Waals surface area (Å²) >= 11 is 0. The lowest BCUT2D eigenvalue weighted by atomic mass is 9.96. The molecule has 1 heteroatoms. The van der Waals surface area contributed by atoms with Crippen molar-refractivity contribution in [1.29, 1.82) is 5.26 Å². The summed E-state index contributed by atoms with van der Waals surface area (Å²) < 4.78 is 0. The summed E-state index contributed by atoms with van der Waals surface area (Å²) in [5, 5.41) is 8.87. The molecule has 0 spiro atoms. The topological polar surface area (TPSA) is 23.8 Å². The maximum absolute atomic E-state index is 8.87. The van der Waals surface area contributed by atoms with E-state index in [2.05, 4.69) is 26.0 Å². The molecule has 0 aromatic heterocycles. The largest absolute Gasteiger partial charge is 0.192 e. The van der Waals surface area contributed by atoms with E-state index < -0.39 is 0 Å². The van der Waals surface area contributed by atoms with Gasteiger partial charge in [0.05, 0.1) is 11.6 Å². The molecule has 1 atom stereocenters. The van der Waals surface area contributed by atoms with Crippen molar-refractivity contribution in [3.63, 3.8) is 0 Å². The summed E-state index contributed by atoms with van der Waals surface area (Å²) in [5.41, 5.74) is 3.16. The first-order valence-electron chi connectivity index (χ1n) is 5.04. The van der Waals surface area contributed by atoms with Crippen molar-refractivity contribution in [2.24, 2.45) is 0 Å². The Morgan fingerprint density at radius 2 is 2.14 bits per heavy atom. The molecule has 73 valence electrons. The number of aryl methyl sites for hydroxylation is 1. The maximum Gasteiger partial charge on any atom is 0.0991 e. The zero-order chi connectivity index (χ0) is 10.6. The Labute approximate surface area is 86.4 Å². The molecule has 1 radical (unpaired) electrons. The van der Waals surface area contributed by atoms with Crippen LogP contribution in [0.25, 0.3) is 0 Å². The van der Waals surface area contributed by atoms with Gasteiger partial charge in [0.2, 0.25) is 0 Å². The lowest BCUT2D eigenvalue weighted by Gasteiger charge is -2.08. The molecule has 1 nitrogen and oxygen atoms in total. The van der Waals surface area contributed by atoms with Crippen molar-refractivity contribution in [1.82, 2.24) is 0 Å². The number of hydrogen-bond acceptors (Lipinski definition) is 1. The third-order valence-electron chi connectivity index (χ3n) is 2.25. The van der Waals surface area contributed by atoms with Gasteiger partial charge in [-0.05, 0) is 42.5 Å². The van der Waals surface area contributed by atoms with Crippen molar-refractivity contribution in [2.45, 2.75) is 32.6 Å². The summed E-state index contributed by atoms with van der Waals surface area (Å²) in [7, 11) is 0. The molecule has 1 aromatic carbocycles. The Morgan fingerprint density at radius 1 is 1.43 bits per heavy atom. The molecule has 0 saturated heterocycles. The lowest BCUT2D eigenvalue weighted by molar-refractivity contribution is 0.903. The fourth-order valence-corrected chi connectivity index (χ4v) is 1.50. The molecule has 1 rings (SSSR count). The quantitative estimate of drug-likeness (QED) is 0.709. The number of rotatable bonds is 3. The smallest absolute Gasteiger partial charge is 0.0991 e. The molecule has 0 aliphatic heterocycles. The van der Waals surface area contributed by atoms with Gasteiger partial charge in [-0.2, -0.15) is 5.26 Å². The zero-order valence-electron chi connectivity index (χ0n) is 8.88. The number of benzene rings is 1. The van der Waals surface area contributed by atoms with Crippen molar-refractivity contribution in [3.8, 4) is 6.07 Å². The zero-order valence-corrected chi connectivity index (χ0v) is 8.88. The molecule has 0 saturated carbocycles. The third kappa shape index (κ3) is 2.60. The maximum atomic E-state index is 8.87. The van der Waals surface area contributed by atoms with Gasteiger partial charge < -0.3 is 0 Å². The van der Waals surface area contributed by atoms with Crippen LogP contribution in [-0.2, 0) is 6.42 Å². The van der Waals surface area contributed by atoms with E-state index in [0.717, 1.165) is 24.0 Å². The molecular formula is C13H16N. The van der Waals surface area contributed by atoms with Gasteiger partial charge in [-0.1, -0.05) is 26.3 Å². The van der Waals surface area contributed by atoms with Gasteiger partial charge in [0, 0.05) is 0 Å². The summed E-state index contributed by atoms with van der Waals surface area (Å²) in [6.07, 6.45) is 2.15. The second-order valence-electron chi connectivity index (χ2n) is 3.73. The summed E-state index contributed by atoms with van der Waals surface area (Å²) in [6.45, 7) is 8.17. The Balaban J connectivity index is 3.08. The highest BCUT2D eigenvalue weighted by atomic mass is 14.2. The van der Waals surface area contributed by atoms with Crippen LogP contribution in [0, 0.1) is 18.3 Å². The van der Waals surface area contributed by atoms with Crippen LogP contribution in [0.2, 0.25) is 0 Å². The van der Waals surface area contributed by atoms with Crippen LogP contribution in [0.1, 0.15) is 42.9 Å². The molecule has 0 bridgehead atoms. The second-order valence-corrected chi connectivity index (χ2v) is 3.73. The predicted molar refractivity (Wildman–Crippen MR) is 58.9 cm³/mol. The minimum Gasteiger partial charge on any atom is -0.192 e. The highest BCUT2D eigenvalue weighted by Gasteiger charge is 2.03. The predicted octanol–water partition coefficient (Wildman–Crippen LogP) is 3.45.